The number of anilines is 1. The summed E-state index contributed by atoms with van der Waals surface area (Å²) in [6, 6.07) is 8.89. The molecule has 2 unspecified atom stereocenters. The monoisotopic (exact) mass is 260 g/mol. The van der Waals surface area contributed by atoms with Crippen LogP contribution < -0.4 is 10.2 Å². The van der Waals surface area contributed by atoms with Crippen LogP contribution in [-0.2, 0) is 9.59 Å². The van der Waals surface area contributed by atoms with Crippen molar-refractivity contribution < 1.29 is 9.59 Å². The highest BCUT2D eigenvalue weighted by Gasteiger charge is 2.39. The average Bonchev–Trinajstić information content (AvgIpc) is 2.65. The van der Waals surface area contributed by atoms with Gasteiger partial charge in [0.05, 0.1) is 18.2 Å². The fraction of sp³-hybridized carbons (Fsp3) is 0.467. The Morgan fingerprint density at radius 2 is 1.79 bits per heavy atom. The first kappa shape index (κ1) is 13.7. The number of para-hydroxylation sites is 1. The Kier molecular flexibility index (Phi) is 4.00. The summed E-state index contributed by atoms with van der Waals surface area (Å²) in [5, 5.41) is 3.25. The Balaban J connectivity index is 2.13. The molecule has 0 spiro atoms. The molecule has 4 heteroatoms. The van der Waals surface area contributed by atoms with Gasteiger partial charge in [-0.25, -0.2) is 4.90 Å². The van der Waals surface area contributed by atoms with E-state index < -0.39 is 6.04 Å². The Labute approximate surface area is 113 Å². The zero-order chi connectivity index (χ0) is 14.0. The normalized spacial score (nSPS) is 21.3. The Morgan fingerprint density at radius 1 is 1.16 bits per heavy atom. The zero-order valence-corrected chi connectivity index (χ0v) is 11.6. The summed E-state index contributed by atoms with van der Waals surface area (Å²) >= 11 is 0. The molecule has 0 saturated carbocycles. The second-order valence-electron chi connectivity index (χ2n) is 5.36. The van der Waals surface area contributed by atoms with Gasteiger partial charge >= 0.3 is 0 Å². The molecule has 2 atom stereocenters. The van der Waals surface area contributed by atoms with Gasteiger partial charge in [-0.05, 0) is 25.0 Å². The van der Waals surface area contributed by atoms with Gasteiger partial charge in [-0.3, -0.25) is 9.59 Å². The van der Waals surface area contributed by atoms with Crippen LogP contribution in [0.25, 0.3) is 0 Å². The summed E-state index contributed by atoms with van der Waals surface area (Å²) < 4.78 is 0. The maximum Gasteiger partial charge on any atom is 0.251 e. The van der Waals surface area contributed by atoms with Crippen LogP contribution in [0.1, 0.15) is 27.2 Å². The molecule has 1 fully saturated rings. The smallest absolute Gasteiger partial charge is 0.251 e. The molecule has 19 heavy (non-hydrogen) atoms. The van der Waals surface area contributed by atoms with Crippen LogP contribution in [0, 0.1) is 5.92 Å². The van der Waals surface area contributed by atoms with E-state index in [-0.39, 0.29) is 24.3 Å². The molecule has 4 nitrogen and oxygen atoms in total. The van der Waals surface area contributed by atoms with E-state index >= 15 is 0 Å². The molecule has 0 radical (unpaired) electrons. The highest BCUT2D eigenvalue weighted by atomic mass is 16.2. The van der Waals surface area contributed by atoms with Crippen LogP contribution in [-0.4, -0.2) is 23.9 Å². The van der Waals surface area contributed by atoms with E-state index in [4.69, 9.17) is 0 Å². The van der Waals surface area contributed by atoms with Crippen LogP contribution in [0.3, 0.4) is 0 Å². The molecule has 1 aliphatic rings. The topological polar surface area (TPSA) is 49.4 Å². The van der Waals surface area contributed by atoms with Crippen molar-refractivity contribution in [3.63, 3.8) is 0 Å². The molecule has 1 N–H and O–H groups in total. The largest absolute Gasteiger partial charge is 0.303 e. The molecule has 0 aromatic heterocycles. The number of rotatable bonds is 4. The fourth-order valence-electron chi connectivity index (χ4n) is 2.12. The Morgan fingerprint density at radius 3 is 2.37 bits per heavy atom. The minimum Gasteiger partial charge on any atom is -0.303 e. The van der Waals surface area contributed by atoms with Gasteiger partial charge in [-0.1, -0.05) is 32.0 Å². The lowest BCUT2D eigenvalue weighted by Gasteiger charge is -2.21. The number of hydrogen-bond donors (Lipinski definition) is 1. The molecule has 2 rings (SSSR count). The lowest BCUT2D eigenvalue weighted by atomic mass is 10.1. The fourth-order valence-corrected chi connectivity index (χ4v) is 2.12. The first-order valence-corrected chi connectivity index (χ1v) is 6.68. The number of benzene rings is 1. The van der Waals surface area contributed by atoms with Crippen LogP contribution in [0.15, 0.2) is 30.3 Å². The van der Waals surface area contributed by atoms with E-state index in [1.807, 2.05) is 25.1 Å². The summed E-state index contributed by atoms with van der Waals surface area (Å²) in [5.41, 5.74) is 0.652. The summed E-state index contributed by atoms with van der Waals surface area (Å²) in [6.45, 7) is 6.22. The van der Waals surface area contributed by atoms with E-state index in [1.165, 1.54) is 4.90 Å². The zero-order valence-electron chi connectivity index (χ0n) is 11.6. The molecule has 1 heterocycles. The molecule has 0 bridgehead atoms. The minimum absolute atomic E-state index is 0.135. The molecule has 1 aromatic carbocycles. The third-order valence-corrected chi connectivity index (χ3v) is 3.63. The van der Waals surface area contributed by atoms with Crippen LogP contribution >= 0.6 is 0 Å². The average molecular weight is 260 g/mol. The standard InChI is InChI=1S/C15H20N2O2/c1-10(2)11(3)16-13-9-14(18)17(15(13)19)12-7-5-4-6-8-12/h4-8,10-11,13,16H,9H2,1-3H3. The molecule has 2 amide bonds. The Bertz CT molecular complexity index is 470. The van der Waals surface area contributed by atoms with Crippen molar-refractivity contribution in [1.82, 2.24) is 5.32 Å². The highest BCUT2D eigenvalue weighted by molar-refractivity contribution is 6.22. The van der Waals surface area contributed by atoms with Crippen LogP contribution in [0.5, 0.6) is 0 Å². The van der Waals surface area contributed by atoms with Crippen molar-refractivity contribution in [3.05, 3.63) is 30.3 Å². The quantitative estimate of drug-likeness (QED) is 0.842. The van der Waals surface area contributed by atoms with Crippen LogP contribution in [0.2, 0.25) is 0 Å². The van der Waals surface area contributed by atoms with E-state index in [0.717, 1.165) is 0 Å². The first-order valence-electron chi connectivity index (χ1n) is 6.68. The Hall–Kier alpha value is -1.68. The molecule has 1 saturated heterocycles. The lowest BCUT2D eigenvalue weighted by Crippen LogP contribution is -2.44. The van der Waals surface area contributed by atoms with Crippen molar-refractivity contribution in [3.8, 4) is 0 Å². The predicted molar refractivity (Wildman–Crippen MR) is 74.8 cm³/mol. The number of imide groups is 1. The van der Waals surface area contributed by atoms with E-state index in [1.54, 1.807) is 12.1 Å². The molecule has 1 aliphatic heterocycles. The van der Waals surface area contributed by atoms with Gasteiger partial charge < -0.3 is 5.32 Å². The predicted octanol–water partition coefficient (Wildman–Crippen LogP) is 1.95. The van der Waals surface area contributed by atoms with E-state index in [2.05, 4.69) is 19.2 Å². The number of carbonyl (C=O) groups is 2. The van der Waals surface area contributed by atoms with Gasteiger partial charge in [-0.15, -0.1) is 0 Å². The minimum atomic E-state index is -0.398. The van der Waals surface area contributed by atoms with Crippen molar-refractivity contribution in [2.45, 2.75) is 39.3 Å². The third-order valence-electron chi connectivity index (χ3n) is 3.63. The number of carbonyl (C=O) groups excluding carboxylic acids is 2. The van der Waals surface area contributed by atoms with Gasteiger partial charge in [-0.2, -0.15) is 0 Å². The summed E-state index contributed by atoms with van der Waals surface area (Å²) in [6.07, 6.45) is 0.241. The second-order valence-corrected chi connectivity index (χ2v) is 5.36. The number of amides is 2. The number of nitrogens with zero attached hydrogens (tertiary/aromatic N) is 1. The van der Waals surface area contributed by atoms with Crippen molar-refractivity contribution in [2.24, 2.45) is 5.92 Å². The summed E-state index contributed by atoms with van der Waals surface area (Å²) in [7, 11) is 0. The maximum absolute atomic E-state index is 12.3. The lowest BCUT2D eigenvalue weighted by molar-refractivity contribution is -0.121. The first-order chi connectivity index (χ1) is 9.00. The van der Waals surface area contributed by atoms with Crippen molar-refractivity contribution in [1.29, 1.82) is 0 Å². The van der Waals surface area contributed by atoms with Crippen molar-refractivity contribution >= 4 is 17.5 Å². The van der Waals surface area contributed by atoms with Crippen LogP contribution in [0.4, 0.5) is 5.69 Å². The molecule has 1 aromatic rings. The molecule has 0 aliphatic carbocycles. The highest BCUT2D eigenvalue weighted by Crippen LogP contribution is 2.23. The second kappa shape index (κ2) is 5.53. The van der Waals surface area contributed by atoms with Gasteiger partial charge in [0.2, 0.25) is 5.91 Å². The maximum atomic E-state index is 12.3. The van der Waals surface area contributed by atoms with Gasteiger partial charge in [0, 0.05) is 6.04 Å². The van der Waals surface area contributed by atoms with Gasteiger partial charge in [0.1, 0.15) is 0 Å². The summed E-state index contributed by atoms with van der Waals surface area (Å²) in [4.78, 5) is 25.6. The third kappa shape index (κ3) is 2.84. The van der Waals surface area contributed by atoms with Gasteiger partial charge in [0.25, 0.3) is 5.91 Å². The summed E-state index contributed by atoms with van der Waals surface area (Å²) in [5.74, 6) is 0.141. The van der Waals surface area contributed by atoms with Gasteiger partial charge in [0.15, 0.2) is 0 Å². The van der Waals surface area contributed by atoms with Crippen molar-refractivity contribution in [2.75, 3.05) is 4.90 Å². The molecular formula is C15H20N2O2. The number of nitrogens with one attached hydrogen (secondary N) is 1. The SMILES string of the molecule is CC(C)C(C)NC1CC(=O)N(c2ccccc2)C1=O. The van der Waals surface area contributed by atoms with E-state index in [9.17, 15) is 9.59 Å². The number of hydrogen-bond acceptors (Lipinski definition) is 3. The molecule has 102 valence electrons. The molecular weight excluding hydrogens is 240 g/mol. The van der Waals surface area contributed by atoms with E-state index in [0.29, 0.717) is 11.6 Å².